The van der Waals surface area contributed by atoms with Gasteiger partial charge in [0.1, 0.15) is 0 Å². The highest BCUT2D eigenvalue weighted by atomic mass is 35.5. The summed E-state index contributed by atoms with van der Waals surface area (Å²) in [4.78, 5) is 12.2. The van der Waals surface area contributed by atoms with Crippen molar-refractivity contribution in [3.63, 3.8) is 0 Å². The largest absolute Gasteiger partial charge is 0.409 e. The van der Waals surface area contributed by atoms with Crippen LogP contribution in [0, 0.1) is 6.92 Å². The van der Waals surface area contributed by atoms with Crippen molar-refractivity contribution in [1.82, 2.24) is 5.32 Å². The number of aryl methyl sites for hydroxylation is 1. The summed E-state index contributed by atoms with van der Waals surface area (Å²) in [7, 11) is 0. The molecule has 6 heteroatoms. The number of halogens is 1. The molecule has 0 aliphatic rings. The Labute approximate surface area is 117 Å². The summed E-state index contributed by atoms with van der Waals surface area (Å²) in [6, 6.07) is 5.16. The topological polar surface area (TPSA) is 87.7 Å². The van der Waals surface area contributed by atoms with Gasteiger partial charge in [0, 0.05) is 0 Å². The van der Waals surface area contributed by atoms with Crippen molar-refractivity contribution in [3.8, 4) is 0 Å². The number of carbonyl (C=O) groups excluding carboxylic acids is 1. The van der Waals surface area contributed by atoms with E-state index >= 15 is 0 Å². The van der Waals surface area contributed by atoms with E-state index < -0.39 is 5.54 Å². The predicted molar refractivity (Wildman–Crippen MR) is 75.8 cm³/mol. The van der Waals surface area contributed by atoms with Crippen molar-refractivity contribution < 1.29 is 10.0 Å². The number of carbonyl (C=O) groups is 1. The van der Waals surface area contributed by atoms with Crippen LogP contribution in [0.4, 0.5) is 0 Å². The van der Waals surface area contributed by atoms with Crippen molar-refractivity contribution >= 4 is 23.3 Å². The Morgan fingerprint density at radius 2 is 2.21 bits per heavy atom. The van der Waals surface area contributed by atoms with E-state index in [0.717, 1.165) is 5.56 Å². The van der Waals surface area contributed by atoms with Crippen LogP contribution in [-0.4, -0.2) is 22.5 Å². The van der Waals surface area contributed by atoms with Gasteiger partial charge in [-0.25, -0.2) is 0 Å². The normalized spacial score (nSPS) is 14.8. The van der Waals surface area contributed by atoms with E-state index in [0.29, 0.717) is 17.0 Å². The molecular weight excluding hydrogens is 266 g/mol. The van der Waals surface area contributed by atoms with Crippen LogP contribution in [0.25, 0.3) is 0 Å². The standard InChI is InChI=1S/C13H18ClN3O2/c1-4-13(3,12(15)17-19)16-11(18)9-6-5-8(2)7-10(9)14/h5-7,19H,4H2,1-3H3,(H2,15,17)(H,16,18). The van der Waals surface area contributed by atoms with Gasteiger partial charge in [0.05, 0.1) is 16.1 Å². The van der Waals surface area contributed by atoms with Gasteiger partial charge in [0.25, 0.3) is 5.91 Å². The minimum absolute atomic E-state index is 0.0495. The summed E-state index contributed by atoms with van der Waals surface area (Å²) in [6.45, 7) is 5.40. The van der Waals surface area contributed by atoms with Crippen LogP contribution in [0.3, 0.4) is 0 Å². The number of nitrogens with zero attached hydrogens (tertiary/aromatic N) is 1. The summed E-state index contributed by atoms with van der Waals surface area (Å²) in [5, 5.41) is 14.8. The van der Waals surface area contributed by atoms with E-state index in [9.17, 15) is 4.79 Å². The molecule has 0 radical (unpaired) electrons. The highest BCUT2D eigenvalue weighted by Gasteiger charge is 2.30. The lowest BCUT2D eigenvalue weighted by Gasteiger charge is -2.28. The summed E-state index contributed by atoms with van der Waals surface area (Å²) >= 11 is 6.04. The van der Waals surface area contributed by atoms with Gasteiger partial charge >= 0.3 is 0 Å². The second-order valence-electron chi connectivity index (χ2n) is 4.61. The predicted octanol–water partition coefficient (Wildman–Crippen LogP) is 2.29. The molecular formula is C13H18ClN3O2. The van der Waals surface area contributed by atoms with Crippen LogP contribution in [-0.2, 0) is 0 Å². The molecule has 0 saturated carbocycles. The Hall–Kier alpha value is -1.75. The number of rotatable bonds is 4. The molecule has 0 saturated heterocycles. The van der Waals surface area contributed by atoms with Crippen LogP contribution in [0.15, 0.2) is 23.4 Å². The highest BCUT2D eigenvalue weighted by molar-refractivity contribution is 6.34. The molecule has 1 amide bonds. The van der Waals surface area contributed by atoms with Crippen molar-refractivity contribution in [2.24, 2.45) is 10.9 Å². The fraction of sp³-hybridized carbons (Fsp3) is 0.385. The summed E-state index contributed by atoms with van der Waals surface area (Å²) in [5.74, 6) is -0.410. The molecule has 0 spiro atoms. The first-order valence-electron chi connectivity index (χ1n) is 5.90. The third kappa shape index (κ3) is 3.38. The summed E-state index contributed by atoms with van der Waals surface area (Å²) < 4.78 is 0. The number of nitrogens with one attached hydrogen (secondary N) is 1. The first kappa shape index (κ1) is 15.3. The number of nitrogens with two attached hydrogens (primary N) is 1. The molecule has 0 fully saturated rings. The first-order chi connectivity index (χ1) is 8.84. The zero-order valence-corrected chi connectivity index (χ0v) is 12.0. The Morgan fingerprint density at radius 3 is 2.68 bits per heavy atom. The van der Waals surface area contributed by atoms with Gasteiger partial charge < -0.3 is 16.3 Å². The Morgan fingerprint density at radius 1 is 1.58 bits per heavy atom. The molecule has 19 heavy (non-hydrogen) atoms. The second-order valence-corrected chi connectivity index (χ2v) is 5.02. The smallest absolute Gasteiger partial charge is 0.253 e. The highest BCUT2D eigenvalue weighted by Crippen LogP contribution is 2.19. The monoisotopic (exact) mass is 283 g/mol. The number of benzene rings is 1. The lowest BCUT2D eigenvalue weighted by atomic mass is 9.96. The molecule has 104 valence electrons. The van der Waals surface area contributed by atoms with E-state index in [1.807, 2.05) is 13.8 Å². The van der Waals surface area contributed by atoms with E-state index in [-0.39, 0.29) is 11.7 Å². The van der Waals surface area contributed by atoms with Crippen LogP contribution < -0.4 is 11.1 Å². The van der Waals surface area contributed by atoms with Crippen molar-refractivity contribution in [1.29, 1.82) is 0 Å². The van der Waals surface area contributed by atoms with Gasteiger partial charge in [0.15, 0.2) is 5.84 Å². The van der Waals surface area contributed by atoms with Crippen molar-refractivity contribution in [2.75, 3.05) is 0 Å². The minimum atomic E-state index is -0.917. The molecule has 0 aliphatic heterocycles. The third-order valence-corrected chi connectivity index (χ3v) is 3.45. The number of hydrogen-bond donors (Lipinski definition) is 3. The number of amidine groups is 1. The average Bonchev–Trinajstić information content (AvgIpc) is 2.37. The maximum Gasteiger partial charge on any atom is 0.253 e. The molecule has 1 rings (SSSR count). The number of amides is 1. The minimum Gasteiger partial charge on any atom is -0.409 e. The van der Waals surface area contributed by atoms with Crippen LogP contribution in [0.1, 0.15) is 36.2 Å². The van der Waals surface area contributed by atoms with E-state index in [1.54, 1.807) is 25.1 Å². The van der Waals surface area contributed by atoms with Crippen molar-refractivity contribution in [3.05, 3.63) is 34.3 Å². The molecule has 0 aliphatic carbocycles. The zero-order chi connectivity index (χ0) is 14.6. The molecule has 5 nitrogen and oxygen atoms in total. The lowest BCUT2D eigenvalue weighted by Crippen LogP contribution is -2.55. The maximum atomic E-state index is 12.2. The van der Waals surface area contributed by atoms with E-state index in [2.05, 4.69) is 10.5 Å². The quantitative estimate of drug-likeness (QED) is 0.343. The van der Waals surface area contributed by atoms with Gasteiger partial charge in [-0.2, -0.15) is 0 Å². The zero-order valence-electron chi connectivity index (χ0n) is 11.2. The maximum absolute atomic E-state index is 12.2. The molecule has 0 heterocycles. The molecule has 0 aromatic heterocycles. The van der Waals surface area contributed by atoms with Gasteiger partial charge in [-0.1, -0.05) is 29.7 Å². The molecule has 4 N–H and O–H groups in total. The average molecular weight is 284 g/mol. The van der Waals surface area contributed by atoms with Crippen LogP contribution in [0.2, 0.25) is 5.02 Å². The van der Waals surface area contributed by atoms with Gasteiger partial charge in [-0.05, 0) is 38.0 Å². The Bertz CT molecular complexity index is 517. The van der Waals surface area contributed by atoms with Crippen LogP contribution >= 0.6 is 11.6 Å². The van der Waals surface area contributed by atoms with Crippen LogP contribution in [0.5, 0.6) is 0 Å². The summed E-state index contributed by atoms with van der Waals surface area (Å²) in [6.07, 6.45) is 0.484. The van der Waals surface area contributed by atoms with E-state index in [4.69, 9.17) is 22.5 Å². The molecule has 1 unspecified atom stereocenters. The number of oxime groups is 1. The van der Waals surface area contributed by atoms with E-state index in [1.165, 1.54) is 0 Å². The SMILES string of the molecule is CCC(C)(NC(=O)c1ccc(C)cc1Cl)/C(N)=N/O. The molecule has 1 aromatic rings. The van der Waals surface area contributed by atoms with Gasteiger partial charge in [-0.15, -0.1) is 0 Å². The lowest BCUT2D eigenvalue weighted by molar-refractivity contribution is 0.0925. The van der Waals surface area contributed by atoms with Crippen molar-refractivity contribution in [2.45, 2.75) is 32.7 Å². The summed E-state index contributed by atoms with van der Waals surface area (Å²) in [5.41, 5.74) is 6.01. The number of hydrogen-bond acceptors (Lipinski definition) is 3. The Balaban J connectivity index is 3.02. The fourth-order valence-electron chi connectivity index (χ4n) is 1.57. The molecule has 1 aromatic carbocycles. The van der Waals surface area contributed by atoms with Gasteiger partial charge in [0.2, 0.25) is 0 Å². The second kappa shape index (κ2) is 5.93. The molecule has 0 bridgehead atoms. The first-order valence-corrected chi connectivity index (χ1v) is 6.28. The molecule has 1 atom stereocenters. The van der Waals surface area contributed by atoms with Gasteiger partial charge in [-0.3, -0.25) is 4.79 Å². The third-order valence-electron chi connectivity index (χ3n) is 3.14. The Kier molecular flexibility index (Phi) is 4.78. The fourth-order valence-corrected chi connectivity index (χ4v) is 1.89.